The number of benzene rings is 1. The number of hydrogen-bond donors (Lipinski definition) is 2. The van der Waals surface area contributed by atoms with Crippen LogP contribution in [0.3, 0.4) is 0 Å². The first-order valence-corrected chi connectivity index (χ1v) is 6.72. The minimum atomic E-state index is 0.457. The summed E-state index contributed by atoms with van der Waals surface area (Å²) in [5.74, 6) is 1.27. The van der Waals surface area contributed by atoms with Gasteiger partial charge in [0.15, 0.2) is 0 Å². The highest BCUT2D eigenvalue weighted by Crippen LogP contribution is 2.26. The molecular formula is C15H23NO. The van der Waals surface area contributed by atoms with E-state index in [4.69, 9.17) is 0 Å². The van der Waals surface area contributed by atoms with Crippen LogP contribution in [0.1, 0.15) is 36.5 Å². The van der Waals surface area contributed by atoms with Gasteiger partial charge in [0.25, 0.3) is 0 Å². The molecule has 0 spiro atoms. The molecule has 0 radical (unpaired) electrons. The standard InChI is InChI=1S/C15H23NO/c1-3-13-10-14(11(2)8-15(13)17)9-12-4-6-16-7-5-12/h8,10,12,16-17H,3-7,9H2,1-2H3. The van der Waals surface area contributed by atoms with Crippen LogP contribution in [-0.4, -0.2) is 18.2 Å². The van der Waals surface area contributed by atoms with E-state index in [9.17, 15) is 5.11 Å². The molecule has 2 N–H and O–H groups in total. The van der Waals surface area contributed by atoms with Gasteiger partial charge in [-0.25, -0.2) is 0 Å². The summed E-state index contributed by atoms with van der Waals surface area (Å²) in [6.45, 7) is 6.51. The van der Waals surface area contributed by atoms with Crippen molar-refractivity contribution >= 4 is 0 Å². The van der Waals surface area contributed by atoms with Gasteiger partial charge in [0, 0.05) is 0 Å². The zero-order valence-electron chi connectivity index (χ0n) is 10.9. The van der Waals surface area contributed by atoms with Gasteiger partial charge in [-0.2, -0.15) is 0 Å². The number of phenols is 1. The van der Waals surface area contributed by atoms with Crippen LogP contribution in [0.15, 0.2) is 12.1 Å². The fraction of sp³-hybridized carbons (Fsp3) is 0.600. The predicted octanol–water partition coefficient (Wildman–Crippen LogP) is 2.81. The smallest absolute Gasteiger partial charge is 0.119 e. The second-order valence-electron chi connectivity index (χ2n) is 5.16. The van der Waals surface area contributed by atoms with Gasteiger partial charge in [0.1, 0.15) is 5.75 Å². The fourth-order valence-electron chi connectivity index (χ4n) is 2.69. The summed E-state index contributed by atoms with van der Waals surface area (Å²) in [6.07, 6.45) is 4.63. The van der Waals surface area contributed by atoms with Crippen LogP contribution in [0.2, 0.25) is 0 Å². The van der Waals surface area contributed by atoms with E-state index in [1.165, 1.54) is 30.4 Å². The van der Waals surface area contributed by atoms with Crippen molar-refractivity contribution in [3.8, 4) is 5.75 Å². The number of aryl methyl sites for hydroxylation is 2. The van der Waals surface area contributed by atoms with Crippen molar-refractivity contribution in [3.63, 3.8) is 0 Å². The maximum atomic E-state index is 9.81. The normalized spacial score (nSPS) is 17.3. The Morgan fingerprint density at radius 2 is 1.94 bits per heavy atom. The van der Waals surface area contributed by atoms with E-state index in [2.05, 4.69) is 25.2 Å². The molecule has 0 unspecified atom stereocenters. The quantitative estimate of drug-likeness (QED) is 0.841. The first-order valence-electron chi connectivity index (χ1n) is 6.72. The highest BCUT2D eigenvalue weighted by atomic mass is 16.3. The fourth-order valence-corrected chi connectivity index (χ4v) is 2.69. The Morgan fingerprint density at radius 3 is 2.59 bits per heavy atom. The summed E-state index contributed by atoms with van der Waals surface area (Å²) in [5.41, 5.74) is 3.74. The van der Waals surface area contributed by atoms with Crippen LogP contribution in [0, 0.1) is 12.8 Å². The van der Waals surface area contributed by atoms with Crippen molar-refractivity contribution in [2.24, 2.45) is 5.92 Å². The molecule has 0 saturated carbocycles. The van der Waals surface area contributed by atoms with Crippen molar-refractivity contribution in [2.75, 3.05) is 13.1 Å². The Bertz CT molecular complexity index is 381. The van der Waals surface area contributed by atoms with Gasteiger partial charge in [-0.05, 0) is 74.4 Å². The summed E-state index contributed by atoms with van der Waals surface area (Å²) >= 11 is 0. The second-order valence-corrected chi connectivity index (χ2v) is 5.16. The molecule has 1 aromatic carbocycles. The summed E-state index contributed by atoms with van der Waals surface area (Å²) < 4.78 is 0. The predicted molar refractivity (Wildman–Crippen MR) is 71.5 cm³/mol. The Kier molecular flexibility index (Phi) is 4.06. The molecule has 2 heteroatoms. The molecule has 2 rings (SSSR count). The Balaban J connectivity index is 2.13. The summed E-state index contributed by atoms with van der Waals surface area (Å²) in [4.78, 5) is 0. The van der Waals surface area contributed by atoms with Gasteiger partial charge in [0.2, 0.25) is 0 Å². The van der Waals surface area contributed by atoms with Gasteiger partial charge in [-0.1, -0.05) is 13.0 Å². The zero-order valence-corrected chi connectivity index (χ0v) is 10.9. The van der Waals surface area contributed by atoms with E-state index in [0.29, 0.717) is 5.75 Å². The average molecular weight is 233 g/mol. The zero-order chi connectivity index (χ0) is 12.3. The molecule has 1 aliphatic heterocycles. The molecule has 1 fully saturated rings. The third-order valence-electron chi connectivity index (χ3n) is 3.89. The molecule has 17 heavy (non-hydrogen) atoms. The number of phenolic OH excluding ortho intramolecular Hbond substituents is 1. The lowest BCUT2D eigenvalue weighted by molar-refractivity contribution is 0.372. The number of piperidine rings is 1. The van der Waals surface area contributed by atoms with Crippen molar-refractivity contribution in [2.45, 2.75) is 39.5 Å². The van der Waals surface area contributed by atoms with Crippen LogP contribution in [-0.2, 0) is 12.8 Å². The number of nitrogens with one attached hydrogen (secondary N) is 1. The maximum Gasteiger partial charge on any atom is 0.119 e. The van der Waals surface area contributed by atoms with Crippen LogP contribution >= 0.6 is 0 Å². The third-order valence-corrected chi connectivity index (χ3v) is 3.89. The van der Waals surface area contributed by atoms with Crippen molar-refractivity contribution in [1.82, 2.24) is 5.32 Å². The third kappa shape index (κ3) is 3.01. The highest BCUT2D eigenvalue weighted by molar-refractivity contribution is 5.41. The minimum Gasteiger partial charge on any atom is -0.508 e. The largest absolute Gasteiger partial charge is 0.508 e. The Labute approximate surface area is 104 Å². The molecule has 2 nitrogen and oxygen atoms in total. The molecule has 94 valence electrons. The van der Waals surface area contributed by atoms with Gasteiger partial charge >= 0.3 is 0 Å². The van der Waals surface area contributed by atoms with E-state index in [1.54, 1.807) is 0 Å². The number of rotatable bonds is 3. The second kappa shape index (κ2) is 5.54. The molecule has 0 amide bonds. The monoisotopic (exact) mass is 233 g/mol. The van der Waals surface area contributed by atoms with Gasteiger partial charge in [-0.3, -0.25) is 0 Å². The van der Waals surface area contributed by atoms with Gasteiger partial charge in [-0.15, -0.1) is 0 Å². The van der Waals surface area contributed by atoms with Gasteiger partial charge in [0.05, 0.1) is 0 Å². The van der Waals surface area contributed by atoms with Crippen LogP contribution in [0.4, 0.5) is 0 Å². The molecule has 0 bridgehead atoms. The van der Waals surface area contributed by atoms with E-state index in [1.807, 2.05) is 6.07 Å². The summed E-state index contributed by atoms with van der Waals surface area (Å²) in [7, 11) is 0. The van der Waals surface area contributed by atoms with Crippen molar-refractivity contribution < 1.29 is 5.11 Å². The number of hydrogen-bond acceptors (Lipinski definition) is 2. The van der Waals surface area contributed by atoms with Crippen LogP contribution < -0.4 is 5.32 Å². The molecule has 1 aromatic rings. The first kappa shape index (κ1) is 12.4. The van der Waals surface area contributed by atoms with Crippen molar-refractivity contribution in [1.29, 1.82) is 0 Å². The minimum absolute atomic E-state index is 0.457. The van der Waals surface area contributed by atoms with Crippen LogP contribution in [0.25, 0.3) is 0 Å². The van der Waals surface area contributed by atoms with E-state index < -0.39 is 0 Å². The molecule has 0 atom stereocenters. The van der Waals surface area contributed by atoms with Crippen molar-refractivity contribution in [3.05, 3.63) is 28.8 Å². The topological polar surface area (TPSA) is 32.3 Å². The molecule has 1 heterocycles. The molecular weight excluding hydrogens is 210 g/mol. The first-order chi connectivity index (χ1) is 8.20. The Morgan fingerprint density at radius 1 is 1.24 bits per heavy atom. The Hall–Kier alpha value is -1.02. The maximum absolute atomic E-state index is 9.81. The van der Waals surface area contributed by atoms with E-state index in [0.717, 1.165) is 31.0 Å². The molecule has 1 saturated heterocycles. The van der Waals surface area contributed by atoms with Crippen LogP contribution in [0.5, 0.6) is 5.75 Å². The lowest BCUT2D eigenvalue weighted by atomic mass is 9.88. The molecule has 0 aromatic heterocycles. The number of aromatic hydroxyl groups is 1. The highest BCUT2D eigenvalue weighted by Gasteiger charge is 2.15. The molecule has 1 aliphatic rings. The SMILES string of the molecule is CCc1cc(CC2CCNCC2)c(C)cc1O. The summed E-state index contributed by atoms with van der Waals surface area (Å²) in [5, 5.41) is 13.2. The van der Waals surface area contributed by atoms with Gasteiger partial charge < -0.3 is 10.4 Å². The summed E-state index contributed by atoms with van der Waals surface area (Å²) in [6, 6.07) is 4.13. The average Bonchev–Trinajstić information content (AvgIpc) is 2.34. The van der Waals surface area contributed by atoms with E-state index >= 15 is 0 Å². The lowest BCUT2D eigenvalue weighted by Gasteiger charge is -2.23. The molecule has 0 aliphatic carbocycles. The van der Waals surface area contributed by atoms with E-state index in [-0.39, 0.29) is 0 Å². The lowest BCUT2D eigenvalue weighted by Crippen LogP contribution is -2.28.